The first kappa shape index (κ1) is 28.5. The molecule has 1 radical (unpaired) electrons. The van der Waals surface area contributed by atoms with E-state index in [4.69, 9.17) is 4.74 Å². The largest absolute Gasteiger partial charge is 0.512 e. The molecule has 3 rings (SSSR count). The quantitative estimate of drug-likeness (QED) is 0.156. The number of rotatable bonds is 9. The molecule has 0 amide bonds. The Bertz CT molecular complexity index is 1000. The zero-order chi connectivity index (χ0) is 23.3. The van der Waals surface area contributed by atoms with Crippen LogP contribution in [-0.4, -0.2) is 20.9 Å². The van der Waals surface area contributed by atoms with Crippen LogP contribution in [0.15, 0.2) is 66.8 Å². The number of nitrogens with zero attached hydrogens (tertiary/aromatic N) is 2. The molecule has 5 nitrogen and oxygen atoms in total. The molecular formula is C27H33IrN2O3-. The molecule has 0 spiro atoms. The number of pyridine rings is 2. The van der Waals surface area contributed by atoms with Crippen molar-refractivity contribution in [2.45, 2.75) is 53.4 Å². The van der Waals surface area contributed by atoms with Crippen LogP contribution in [0.25, 0.3) is 10.8 Å². The average molecular weight is 626 g/mol. The number of hydrogen-bond donors (Lipinski definition) is 1. The molecule has 0 fully saturated rings. The van der Waals surface area contributed by atoms with Gasteiger partial charge >= 0.3 is 0 Å². The number of ketones is 1. The molecule has 2 heterocycles. The minimum Gasteiger partial charge on any atom is -0.512 e. The van der Waals surface area contributed by atoms with E-state index in [-0.39, 0.29) is 43.5 Å². The van der Waals surface area contributed by atoms with Gasteiger partial charge in [0.25, 0.3) is 0 Å². The van der Waals surface area contributed by atoms with Crippen LogP contribution >= 0.6 is 0 Å². The third kappa shape index (κ3) is 9.07. The molecule has 0 unspecified atom stereocenters. The van der Waals surface area contributed by atoms with E-state index in [1.54, 1.807) is 24.7 Å². The molecule has 3 aromatic rings. The van der Waals surface area contributed by atoms with E-state index in [0.29, 0.717) is 11.6 Å². The van der Waals surface area contributed by atoms with Crippen LogP contribution < -0.4 is 4.74 Å². The Morgan fingerprint density at radius 2 is 1.67 bits per heavy atom. The number of aromatic nitrogens is 2. The Labute approximate surface area is 210 Å². The number of aliphatic hydroxyl groups is 1. The Balaban J connectivity index is 0.000000324. The zero-order valence-corrected chi connectivity index (χ0v) is 22.1. The Hall–Kier alpha value is -2.56. The SMILES string of the molecule is CCC(CC)C(=O)/C=C(\O)C(CC)CC.[Ir].[c-]1ccncc1Oc1cc2ccccc2cn1. The Morgan fingerprint density at radius 1 is 1.03 bits per heavy atom. The van der Waals surface area contributed by atoms with Crippen molar-refractivity contribution in [1.29, 1.82) is 0 Å². The second-order valence-electron chi connectivity index (χ2n) is 7.57. The van der Waals surface area contributed by atoms with Gasteiger partial charge in [0, 0.05) is 61.4 Å². The maximum Gasteiger partial charge on any atom is 0.217 e. The molecule has 0 aliphatic rings. The first-order valence-electron chi connectivity index (χ1n) is 11.3. The van der Waals surface area contributed by atoms with Crippen molar-refractivity contribution in [1.82, 2.24) is 9.97 Å². The van der Waals surface area contributed by atoms with Crippen LogP contribution in [0.5, 0.6) is 11.6 Å². The van der Waals surface area contributed by atoms with Gasteiger partial charge in [0.05, 0.1) is 5.76 Å². The molecule has 0 saturated carbocycles. The summed E-state index contributed by atoms with van der Waals surface area (Å²) in [5.41, 5.74) is 0. The van der Waals surface area contributed by atoms with Gasteiger partial charge in [-0.3, -0.25) is 4.79 Å². The standard InChI is InChI=1S/C14H9N2O.C13H24O2.Ir/c1-2-5-12-9-16-14(8-11(12)4-1)17-13-6-3-7-15-10-13;1-5-10(6-2)12(14)9-13(15)11(7-3)8-4;/h1-5,7-10H;9-11,14H,5-8H2,1-4H3;/q-1;;/b;12-9-;. The number of aliphatic hydroxyl groups excluding tert-OH is 1. The van der Waals surface area contributed by atoms with Gasteiger partial charge in [-0.15, -0.1) is 6.07 Å². The molecule has 6 heteroatoms. The third-order valence-electron chi connectivity index (χ3n) is 5.48. The number of hydrogen-bond acceptors (Lipinski definition) is 5. The van der Waals surface area contributed by atoms with E-state index in [0.717, 1.165) is 36.5 Å². The summed E-state index contributed by atoms with van der Waals surface area (Å²) in [7, 11) is 0. The Kier molecular flexibility index (Phi) is 13.2. The summed E-state index contributed by atoms with van der Waals surface area (Å²) < 4.78 is 5.56. The number of carbonyl (C=O) groups is 1. The molecular weight excluding hydrogens is 593 g/mol. The number of allylic oxidation sites excluding steroid dienone is 2. The first-order chi connectivity index (χ1) is 15.5. The van der Waals surface area contributed by atoms with Crippen molar-refractivity contribution in [2.24, 2.45) is 11.8 Å². The molecule has 0 aliphatic carbocycles. The average Bonchev–Trinajstić information content (AvgIpc) is 2.82. The van der Waals surface area contributed by atoms with Crippen molar-refractivity contribution in [3.8, 4) is 11.6 Å². The first-order valence-corrected chi connectivity index (χ1v) is 11.3. The van der Waals surface area contributed by atoms with Crippen LogP contribution in [0.4, 0.5) is 0 Å². The normalized spacial score (nSPS) is 11.0. The van der Waals surface area contributed by atoms with Crippen molar-refractivity contribution >= 4 is 16.6 Å². The van der Waals surface area contributed by atoms with Gasteiger partial charge in [0.2, 0.25) is 5.88 Å². The van der Waals surface area contributed by atoms with E-state index >= 15 is 0 Å². The van der Waals surface area contributed by atoms with Crippen molar-refractivity contribution in [3.05, 3.63) is 72.9 Å². The minimum atomic E-state index is 0. The maximum absolute atomic E-state index is 11.7. The second kappa shape index (κ2) is 15.3. The van der Waals surface area contributed by atoms with E-state index in [1.807, 2.05) is 58.0 Å². The Morgan fingerprint density at radius 3 is 2.24 bits per heavy atom. The van der Waals surface area contributed by atoms with E-state index in [1.165, 1.54) is 6.08 Å². The molecule has 1 aromatic carbocycles. The van der Waals surface area contributed by atoms with Gasteiger partial charge in [-0.25, -0.2) is 4.98 Å². The van der Waals surface area contributed by atoms with Gasteiger partial charge < -0.3 is 14.8 Å². The van der Waals surface area contributed by atoms with Crippen molar-refractivity contribution < 1.29 is 34.7 Å². The predicted molar refractivity (Wildman–Crippen MR) is 129 cm³/mol. The summed E-state index contributed by atoms with van der Waals surface area (Å²) in [4.78, 5) is 19.9. The zero-order valence-electron chi connectivity index (χ0n) is 19.7. The van der Waals surface area contributed by atoms with Gasteiger partial charge in [-0.2, -0.15) is 6.07 Å². The van der Waals surface area contributed by atoms with E-state index in [2.05, 4.69) is 16.0 Å². The van der Waals surface area contributed by atoms with E-state index in [9.17, 15) is 9.90 Å². The molecule has 0 atom stereocenters. The molecule has 0 aliphatic heterocycles. The molecule has 0 bridgehead atoms. The topological polar surface area (TPSA) is 72.3 Å². The van der Waals surface area contributed by atoms with Crippen LogP contribution in [0, 0.1) is 17.9 Å². The van der Waals surface area contributed by atoms with Crippen LogP contribution in [-0.2, 0) is 24.9 Å². The van der Waals surface area contributed by atoms with E-state index < -0.39 is 0 Å². The molecule has 0 saturated heterocycles. The molecule has 2 aromatic heterocycles. The fourth-order valence-electron chi connectivity index (χ4n) is 3.38. The minimum absolute atomic E-state index is 0. The predicted octanol–water partition coefficient (Wildman–Crippen LogP) is 7.09. The molecule has 1 N–H and O–H groups in total. The van der Waals surface area contributed by atoms with Gasteiger partial charge in [0.15, 0.2) is 5.78 Å². The number of carbonyl (C=O) groups excluding carboxylic acids is 1. The number of fused-ring (bicyclic) bond motifs is 1. The number of ether oxygens (including phenoxy) is 1. The monoisotopic (exact) mass is 626 g/mol. The van der Waals surface area contributed by atoms with Crippen LogP contribution in [0.1, 0.15) is 53.4 Å². The summed E-state index contributed by atoms with van der Waals surface area (Å²) >= 11 is 0. The summed E-state index contributed by atoms with van der Waals surface area (Å²) in [6.45, 7) is 8.07. The summed E-state index contributed by atoms with van der Waals surface area (Å²) in [6.07, 6.45) is 9.96. The summed E-state index contributed by atoms with van der Waals surface area (Å²) in [6, 6.07) is 14.6. The summed E-state index contributed by atoms with van der Waals surface area (Å²) in [5, 5.41) is 12.0. The summed E-state index contributed by atoms with van der Waals surface area (Å²) in [5.74, 6) is 1.66. The van der Waals surface area contributed by atoms with Gasteiger partial charge in [0.1, 0.15) is 0 Å². The second-order valence-corrected chi connectivity index (χ2v) is 7.57. The van der Waals surface area contributed by atoms with Gasteiger partial charge in [-0.1, -0.05) is 58.2 Å². The molecule has 179 valence electrons. The van der Waals surface area contributed by atoms with Gasteiger partial charge in [-0.05, 0) is 37.3 Å². The molecule has 33 heavy (non-hydrogen) atoms. The number of benzene rings is 1. The third-order valence-corrected chi connectivity index (χ3v) is 5.48. The van der Waals surface area contributed by atoms with Crippen LogP contribution in [0.2, 0.25) is 0 Å². The van der Waals surface area contributed by atoms with Crippen LogP contribution in [0.3, 0.4) is 0 Å². The smallest absolute Gasteiger partial charge is 0.217 e. The van der Waals surface area contributed by atoms with Crippen molar-refractivity contribution in [3.63, 3.8) is 0 Å². The van der Waals surface area contributed by atoms with Crippen molar-refractivity contribution in [2.75, 3.05) is 0 Å². The fraction of sp³-hybridized carbons (Fsp3) is 0.370. The maximum atomic E-state index is 11.7. The fourth-order valence-corrected chi connectivity index (χ4v) is 3.38.